The van der Waals surface area contributed by atoms with Gasteiger partial charge in [0.2, 0.25) is 5.79 Å². The lowest BCUT2D eigenvalue weighted by Crippen LogP contribution is -2.71. The SMILES string of the molecule is C=CC[C@@]1(O[C@@H]2[C@@H](O[C@H]3O[C@H](COCc4ccccc4)[C@@H](OCc4ccccc4)[C@H](OCc4ccccc4)[C@H]3OCc3ccccc3)[C@H](C)O[C@@H](O)[C@@H]2OC(=O)c2ccccc2)O[C@@H](C)[C@H](OCc2ccccc2)[C@@H](OCc2ccccc2)[C@H]1OC(=O)CCC(C)=O. The third kappa shape index (κ3) is 18.4. The van der Waals surface area contributed by atoms with Gasteiger partial charge in [-0.3, -0.25) is 4.79 Å². The molecular weight excluding hydrogens is 1170 g/mol. The predicted molar refractivity (Wildman–Crippen MR) is 340 cm³/mol. The molecule has 0 unspecified atom stereocenters. The van der Waals surface area contributed by atoms with Crippen molar-refractivity contribution in [1.29, 1.82) is 0 Å². The minimum absolute atomic E-state index is 0.0137. The van der Waals surface area contributed by atoms with Crippen LogP contribution in [0, 0.1) is 0 Å². The molecule has 0 saturated carbocycles. The molecule has 0 aliphatic carbocycles. The van der Waals surface area contributed by atoms with Crippen molar-refractivity contribution in [3.8, 4) is 0 Å². The normalized spacial score (nSPS) is 27.1. The highest BCUT2D eigenvalue weighted by atomic mass is 16.8. The number of ether oxygens (including phenoxy) is 13. The van der Waals surface area contributed by atoms with E-state index in [0.29, 0.717) is 0 Å². The fourth-order valence-electron chi connectivity index (χ4n) is 11.7. The Hall–Kier alpha value is -7.59. The average Bonchev–Trinajstić information content (AvgIpc) is 0.752. The molecule has 3 aliphatic heterocycles. The largest absolute Gasteiger partial charge is 0.454 e. The molecule has 7 aromatic rings. The highest BCUT2D eigenvalue weighted by Gasteiger charge is 2.62. The number of aliphatic hydroxyl groups is 1. The summed E-state index contributed by atoms with van der Waals surface area (Å²) in [6.07, 6.45) is -16.5. The van der Waals surface area contributed by atoms with E-state index in [-0.39, 0.29) is 76.9 Å². The highest BCUT2D eigenvalue weighted by molar-refractivity contribution is 5.89. The van der Waals surface area contributed by atoms with Crippen LogP contribution in [0.4, 0.5) is 0 Å². The Balaban J connectivity index is 1.09. The Kier molecular flexibility index (Phi) is 24.7. The lowest BCUT2D eigenvalue weighted by molar-refractivity contribution is -0.415. The molecule has 3 aliphatic rings. The van der Waals surface area contributed by atoms with Crippen molar-refractivity contribution in [1.82, 2.24) is 0 Å². The number of hydrogen-bond donors (Lipinski definition) is 1. The molecule has 0 radical (unpaired) electrons. The van der Waals surface area contributed by atoms with Crippen LogP contribution in [-0.2, 0) is 111 Å². The summed E-state index contributed by atoms with van der Waals surface area (Å²) in [5.74, 6) is -3.95. The monoisotopic (exact) mass is 1250 g/mol. The zero-order chi connectivity index (χ0) is 64.1. The molecule has 0 bridgehead atoms. The summed E-state index contributed by atoms with van der Waals surface area (Å²) in [4.78, 5) is 41.6. The van der Waals surface area contributed by atoms with Crippen molar-refractivity contribution in [3.05, 3.63) is 264 Å². The first-order valence-electron chi connectivity index (χ1n) is 31.4. The molecule has 92 heavy (non-hydrogen) atoms. The predicted octanol–water partition coefficient (Wildman–Crippen LogP) is 11.6. The molecule has 10 rings (SSSR count). The van der Waals surface area contributed by atoms with Crippen LogP contribution in [0.5, 0.6) is 0 Å². The van der Waals surface area contributed by atoms with Gasteiger partial charge in [-0.1, -0.05) is 206 Å². The van der Waals surface area contributed by atoms with E-state index >= 15 is 0 Å². The Bertz CT molecular complexity index is 3330. The average molecular weight is 1260 g/mol. The quantitative estimate of drug-likeness (QED) is 0.0318. The summed E-state index contributed by atoms with van der Waals surface area (Å²) in [5.41, 5.74) is 5.35. The van der Waals surface area contributed by atoms with Gasteiger partial charge in [0.25, 0.3) is 0 Å². The van der Waals surface area contributed by atoms with Crippen LogP contribution in [0.1, 0.15) is 83.8 Å². The third-order valence-corrected chi connectivity index (χ3v) is 16.3. The molecule has 7 aromatic carbocycles. The number of aliphatic hydroxyl groups excluding tert-OH is 1. The van der Waals surface area contributed by atoms with E-state index in [1.165, 1.54) is 6.92 Å². The molecule has 0 amide bonds. The fourth-order valence-corrected chi connectivity index (χ4v) is 11.7. The number of benzene rings is 7. The molecule has 0 spiro atoms. The summed E-state index contributed by atoms with van der Waals surface area (Å²) in [6.45, 7) is 9.75. The molecule has 0 aromatic heterocycles. The van der Waals surface area contributed by atoms with E-state index in [2.05, 4.69) is 6.58 Å². The van der Waals surface area contributed by atoms with Gasteiger partial charge in [-0.2, -0.15) is 0 Å². The van der Waals surface area contributed by atoms with Crippen molar-refractivity contribution >= 4 is 17.7 Å². The van der Waals surface area contributed by atoms with Crippen LogP contribution >= 0.6 is 0 Å². The number of carbonyl (C=O) groups is 3. The van der Waals surface area contributed by atoms with Crippen LogP contribution in [0.2, 0.25) is 0 Å². The summed E-state index contributed by atoms with van der Waals surface area (Å²) in [5, 5.41) is 12.4. The second-order valence-electron chi connectivity index (χ2n) is 23.2. The number of Topliss-reactive ketones (excluding diaryl/α,β-unsaturated/α-hetero) is 1. The van der Waals surface area contributed by atoms with Crippen molar-refractivity contribution < 1.29 is 81.1 Å². The number of hydrogen-bond acceptors (Lipinski definition) is 17. The lowest BCUT2D eigenvalue weighted by atomic mass is 9.88. The van der Waals surface area contributed by atoms with E-state index in [0.717, 1.165) is 33.4 Å². The molecule has 3 heterocycles. The first-order valence-corrected chi connectivity index (χ1v) is 31.4. The van der Waals surface area contributed by atoms with Crippen LogP contribution < -0.4 is 0 Å². The molecular formula is C75H82O17. The highest BCUT2D eigenvalue weighted by Crippen LogP contribution is 2.44. The summed E-state index contributed by atoms with van der Waals surface area (Å²) < 4.78 is 90.3. The Morgan fingerprint density at radius 3 is 1.39 bits per heavy atom. The van der Waals surface area contributed by atoms with Gasteiger partial charge in [0.1, 0.15) is 54.6 Å². The van der Waals surface area contributed by atoms with Crippen LogP contribution in [-0.4, -0.2) is 121 Å². The van der Waals surface area contributed by atoms with Gasteiger partial charge in [0, 0.05) is 12.8 Å². The van der Waals surface area contributed by atoms with Crippen molar-refractivity contribution in [2.45, 2.75) is 171 Å². The van der Waals surface area contributed by atoms with Gasteiger partial charge in [0.05, 0.1) is 70.4 Å². The van der Waals surface area contributed by atoms with Crippen LogP contribution in [0.15, 0.2) is 225 Å². The zero-order valence-corrected chi connectivity index (χ0v) is 52.1. The van der Waals surface area contributed by atoms with Gasteiger partial charge in [-0.05, 0) is 66.3 Å². The topological polar surface area (TPSA) is 191 Å². The van der Waals surface area contributed by atoms with Gasteiger partial charge in [-0.25, -0.2) is 4.79 Å². The Labute approximate surface area is 538 Å². The van der Waals surface area contributed by atoms with Gasteiger partial charge in [-0.15, -0.1) is 6.58 Å². The van der Waals surface area contributed by atoms with Crippen molar-refractivity contribution in [3.63, 3.8) is 0 Å². The second-order valence-corrected chi connectivity index (χ2v) is 23.2. The van der Waals surface area contributed by atoms with Gasteiger partial charge < -0.3 is 71.5 Å². The first kappa shape index (κ1) is 67.3. The molecule has 3 fully saturated rings. The Morgan fingerprint density at radius 2 is 0.913 bits per heavy atom. The molecule has 1 N–H and O–H groups in total. The smallest absolute Gasteiger partial charge is 0.338 e. The summed E-state index contributed by atoms with van der Waals surface area (Å²) >= 11 is 0. The maximum absolute atomic E-state index is 14.6. The number of esters is 2. The molecule has 17 heteroatoms. The lowest BCUT2D eigenvalue weighted by Gasteiger charge is -2.54. The summed E-state index contributed by atoms with van der Waals surface area (Å²) in [6, 6.07) is 66.2. The van der Waals surface area contributed by atoms with E-state index < -0.39 is 104 Å². The summed E-state index contributed by atoms with van der Waals surface area (Å²) in [7, 11) is 0. The van der Waals surface area contributed by atoms with E-state index in [9.17, 15) is 19.5 Å². The first-order chi connectivity index (χ1) is 44.9. The standard InChI is InChI=1S/C75H82O17/c1-5-43-75(71(88-62(77)42-41-51(2)76)68(84-48-58-35-21-10-22-36-58)63(53(4)91-75)81-45-55-29-15-7-16-30-55)92-67-64(52(3)86-73(79)69(67)89-72(78)60-39-25-12-26-40-60)90-74-70(85-49-59-37-23-11-24-38-59)66(83-47-57-33-19-9-20-34-57)65(82-46-56-31-17-8-18-32-56)61(87-74)50-80-44-54-27-13-6-14-28-54/h5-40,52-53,61,63-71,73-74,79H,1,41-50H2,2-4H3/t52-,53-,61+,63-,64-,65+,66-,67+,68+,69+,70+,71+,73+,74+,75-/m0/s1. The van der Waals surface area contributed by atoms with E-state index in [4.69, 9.17) is 61.6 Å². The maximum Gasteiger partial charge on any atom is 0.338 e. The number of rotatable bonds is 31. The minimum Gasteiger partial charge on any atom is -0.454 e. The van der Waals surface area contributed by atoms with Crippen LogP contribution in [0.25, 0.3) is 0 Å². The van der Waals surface area contributed by atoms with Gasteiger partial charge in [0.15, 0.2) is 24.8 Å². The second kappa shape index (κ2) is 33.8. The van der Waals surface area contributed by atoms with E-state index in [1.54, 1.807) is 50.3 Å². The maximum atomic E-state index is 14.6. The zero-order valence-electron chi connectivity index (χ0n) is 52.1. The van der Waals surface area contributed by atoms with Crippen molar-refractivity contribution in [2.75, 3.05) is 6.61 Å². The number of carbonyl (C=O) groups excluding carboxylic acids is 3. The number of ketones is 1. The molecule has 3 saturated heterocycles. The van der Waals surface area contributed by atoms with Crippen LogP contribution in [0.3, 0.4) is 0 Å². The Morgan fingerprint density at radius 1 is 0.478 bits per heavy atom. The van der Waals surface area contributed by atoms with Gasteiger partial charge >= 0.3 is 11.9 Å². The molecule has 17 nitrogen and oxygen atoms in total. The molecule has 484 valence electrons. The fraction of sp³-hybridized carbons (Fsp3) is 0.373. The third-order valence-electron chi connectivity index (χ3n) is 16.3. The van der Waals surface area contributed by atoms with E-state index in [1.807, 2.05) is 182 Å². The van der Waals surface area contributed by atoms with Crippen molar-refractivity contribution in [2.24, 2.45) is 0 Å². The molecule has 15 atom stereocenters. The minimum atomic E-state index is -2.12.